The van der Waals surface area contributed by atoms with Crippen molar-refractivity contribution < 1.29 is 5.11 Å². The van der Waals surface area contributed by atoms with Gasteiger partial charge in [-0.3, -0.25) is 0 Å². The van der Waals surface area contributed by atoms with Crippen LogP contribution in [0.2, 0.25) is 0 Å². The van der Waals surface area contributed by atoms with Crippen LogP contribution >= 0.6 is 0 Å². The molecule has 0 radical (unpaired) electrons. The summed E-state index contributed by atoms with van der Waals surface area (Å²) in [6.45, 7) is 4.40. The summed E-state index contributed by atoms with van der Waals surface area (Å²) in [4.78, 5) is 1.53. The Morgan fingerprint density at radius 2 is 2.33 bits per heavy atom. The molecule has 0 saturated carbocycles. The minimum Gasteiger partial charge on any atom is -0.394 e. The highest BCUT2D eigenvalue weighted by molar-refractivity contribution is 4.77. The molecule has 0 rings (SSSR count). The molecule has 1 atom stereocenters. The van der Waals surface area contributed by atoms with Crippen molar-refractivity contribution in [1.29, 1.82) is 5.26 Å². The first kappa shape index (κ1) is 8.25. The van der Waals surface area contributed by atoms with Crippen molar-refractivity contribution in [2.75, 3.05) is 13.2 Å². The van der Waals surface area contributed by atoms with E-state index in [1.165, 1.54) is 4.90 Å². The molecule has 0 saturated heterocycles. The zero-order valence-corrected chi connectivity index (χ0v) is 5.83. The van der Waals surface area contributed by atoms with Gasteiger partial charge in [0.2, 0.25) is 0 Å². The standard InChI is InChI=1S/C6H12N2O/c1-3-8(5-7)6(2)4-9/h6,9H,3-4H2,1-2H3. The van der Waals surface area contributed by atoms with E-state index in [1.54, 1.807) is 0 Å². The Balaban J connectivity index is 3.68. The highest BCUT2D eigenvalue weighted by Gasteiger charge is 2.06. The van der Waals surface area contributed by atoms with Crippen molar-refractivity contribution in [3.05, 3.63) is 0 Å². The lowest BCUT2D eigenvalue weighted by atomic mass is 10.3. The van der Waals surface area contributed by atoms with Gasteiger partial charge in [0, 0.05) is 6.54 Å². The molecule has 0 amide bonds. The van der Waals surface area contributed by atoms with E-state index in [-0.39, 0.29) is 12.6 Å². The van der Waals surface area contributed by atoms with Crippen LogP contribution in [0, 0.1) is 11.5 Å². The number of rotatable bonds is 3. The average molecular weight is 128 g/mol. The predicted octanol–water partition coefficient (Wildman–Crippen LogP) is 0.170. The lowest BCUT2D eigenvalue weighted by Gasteiger charge is -2.18. The predicted molar refractivity (Wildman–Crippen MR) is 34.5 cm³/mol. The van der Waals surface area contributed by atoms with Gasteiger partial charge in [-0.25, -0.2) is 0 Å². The Bertz CT molecular complexity index is 108. The second kappa shape index (κ2) is 4.16. The molecule has 0 aromatic carbocycles. The number of hydrogen-bond donors (Lipinski definition) is 1. The van der Waals surface area contributed by atoms with Crippen LogP contribution < -0.4 is 0 Å². The zero-order chi connectivity index (χ0) is 7.28. The van der Waals surface area contributed by atoms with E-state index >= 15 is 0 Å². The molecule has 3 heteroatoms. The van der Waals surface area contributed by atoms with Crippen molar-refractivity contribution in [3.63, 3.8) is 0 Å². The second-order valence-electron chi connectivity index (χ2n) is 1.92. The molecular formula is C6H12N2O. The topological polar surface area (TPSA) is 47.3 Å². The van der Waals surface area contributed by atoms with E-state index in [1.807, 2.05) is 20.0 Å². The van der Waals surface area contributed by atoms with Gasteiger partial charge < -0.3 is 10.0 Å². The Morgan fingerprint density at radius 1 is 1.78 bits per heavy atom. The van der Waals surface area contributed by atoms with Crippen LogP contribution in [-0.4, -0.2) is 29.2 Å². The van der Waals surface area contributed by atoms with E-state index in [4.69, 9.17) is 10.4 Å². The third kappa shape index (κ3) is 2.34. The largest absolute Gasteiger partial charge is 0.394 e. The van der Waals surface area contributed by atoms with Crippen LogP contribution in [-0.2, 0) is 0 Å². The van der Waals surface area contributed by atoms with Crippen LogP contribution in [0.15, 0.2) is 0 Å². The number of aliphatic hydroxyl groups is 1. The molecule has 0 aromatic rings. The monoisotopic (exact) mass is 128 g/mol. The molecule has 0 spiro atoms. The molecule has 0 aliphatic rings. The molecule has 0 aliphatic carbocycles. The summed E-state index contributed by atoms with van der Waals surface area (Å²) >= 11 is 0. The molecule has 3 nitrogen and oxygen atoms in total. The van der Waals surface area contributed by atoms with Gasteiger partial charge in [-0.15, -0.1) is 0 Å². The van der Waals surface area contributed by atoms with Crippen molar-refractivity contribution in [1.82, 2.24) is 4.90 Å². The fraction of sp³-hybridized carbons (Fsp3) is 0.833. The summed E-state index contributed by atoms with van der Waals surface area (Å²) in [5.74, 6) is 0. The van der Waals surface area contributed by atoms with Crippen molar-refractivity contribution in [3.8, 4) is 6.19 Å². The van der Waals surface area contributed by atoms with Crippen LogP contribution in [0.5, 0.6) is 0 Å². The van der Waals surface area contributed by atoms with Crippen LogP contribution in [0.3, 0.4) is 0 Å². The average Bonchev–Trinajstić information content (AvgIpc) is 1.90. The Labute approximate surface area is 55.5 Å². The molecule has 0 fully saturated rings. The maximum atomic E-state index is 8.57. The van der Waals surface area contributed by atoms with Gasteiger partial charge >= 0.3 is 0 Å². The van der Waals surface area contributed by atoms with E-state index in [0.717, 1.165) is 0 Å². The first-order valence-electron chi connectivity index (χ1n) is 3.03. The minimum atomic E-state index is -0.0417. The maximum Gasteiger partial charge on any atom is 0.179 e. The van der Waals surface area contributed by atoms with Crippen LogP contribution in [0.4, 0.5) is 0 Å². The molecule has 52 valence electrons. The summed E-state index contributed by atoms with van der Waals surface area (Å²) in [6.07, 6.45) is 1.98. The normalized spacial score (nSPS) is 12.2. The third-order valence-corrected chi connectivity index (χ3v) is 1.27. The van der Waals surface area contributed by atoms with Crippen molar-refractivity contribution >= 4 is 0 Å². The van der Waals surface area contributed by atoms with Gasteiger partial charge in [-0.05, 0) is 13.8 Å². The summed E-state index contributed by atoms with van der Waals surface area (Å²) in [5, 5.41) is 17.0. The number of hydrogen-bond acceptors (Lipinski definition) is 3. The fourth-order valence-corrected chi connectivity index (χ4v) is 0.580. The molecular weight excluding hydrogens is 116 g/mol. The quantitative estimate of drug-likeness (QED) is 0.435. The zero-order valence-electron chi connectivity index (χ0n) is 5.83. The van der Waals surface area contributed by atoms with Gasteiger partial charge in [0.05, 0.1) is 12.6 Å². The SMILES string of the molecule is CCN(C#N)C(C)CO. The van der Waals surface area contributed by atoms with E-state index in [9.17, 15) is 0 Å². The number of nitriles is 1. The molecule has 9 heavy (non-hydrogen) atoms. The first-order chi connectivity index (χ1) is 4.26. The molecule has 0 aromatic heterocycles. The van der Waals surface area contributed by atoms with Gasteiger partial charge in [-0.2, -0.15) is 5.26 Å². The van der Waals surface area contributed by atoms with Crippen molar-refractivity contribution in [2.24, 2.45) is 0 Å². The lowest BCUT2D eigenvalue weighted by Crippen LogP contribution is -2.30. The molecule has 0 aliphatic heterocycles. The van der Waals surface area contributed by atoms with Crippen molar-refractivity contribution in [2.45, 2.75) is 19.9 Å². The van der Waals surface area contributed by atoms with Crippen LogP contribution in [0.1, 0.15) is 13.8 Å². The number of likely N-dealkylation sites (N-methyl/N-ethyl adjacent to an activating group) is 1. The van der Waals surface area contributed by atoms with Gasteiger partial charge in [0.25, 0.3) is 0 Å². The second-order valence-corrected chi connectivity index (χ2v) is 1.92. The van der Waals surface area contributed by atoms with E-state index in [2.05, 4.69) is 0 Å². The number of nitrogens with zero attached hydrogens (tertiary/aromatic N) is 2. The molecule has 1 N–H and O–H groups in total. The summed E-state index contributed by atoms with van der Waals surface area (Å²) < 4.78 is 0. The van der Waals surface area contributed by atoms with Gasteiger partial charge in [0.1, 0.15) is 0 Å². The summed E-state index contributed by atoms with van der Waals surface area (Å²) in [7, 11) is 0. The minimum absolute atomic E-state index is 0.0417. The van der Waals surface area contributed by atoms with Gasteiger partial charge in [-0.1, -0.05) is 0 Å². The molecule has 1 unspecified atom stereocenters. The van der Waals surface area contributed by atoms with E-state index in [0.29, 0.717) is 6.54 Å². The smallest absolute Gasteiger partial charge is 0.179 e. The number of aliphatic hydroxyl groups excluding tert-OH is 1. The summed E-state index contributed by atoms with van der Waals surface area (Å²) in [6, 6.07) is -0.0417. The Morgan fingerprint density at radius 3 is 2.44 bits per heavy atom. The molecule has 0 bridgehead atoms. The third-order valence-electron chi connectivity index (χ3n) is 1.27. The highest BCUT2D eigenvalue weighted by atomic mass is 16.3. The Kier molecular flexibility index (Phi) is 3.81. The van der Waals surface area contributed by atoms with Gasteiger partial charge in [0.15, 0.2) is 6.19 Å². The maximum absolute atomic E-state index is 8.57. The summed E-state index contributed by atoms with van der Waals surface area (Å²) in [5.41, 5.74) is 0. The van der Waals surface area contributed by atoms with Crippen LogP contribution in [0.25, 0.3) is 0 Å². The fourth-order valence-electron chi connectivity index (χ4n) is 0.580. The Hall–Kier alpha value is -0.750. The molecule has 0 heterocycles. The highest BCUT2D eigenvalue weighted by Crippen LogP contribution is 1.93. The lowest BCUT2D eigenvalue weighted by molar-refractivity contribution is 0.186. The van der Waals surface area contributed by atoms with E-state index < -0.39 is 0 Å². The first-order valence-corrected chi connectivity index (χ1v) is 3.03.